The molecule has 12 rings (SSSR count). The second-order valence-electron chi connectivity index (χ2n) is 14.6. The first-order chi connectivity index (χ1) is 31.1. The lowest BCUT2D eigenvalue weighted by molar-refractivity contribution is 0.415. The van der Waals surface area contributed by atoms with Gasteiger partial charge in [-0.1, -0.05) is 109 Å². The molecule has 12 aromatic rings. The number of aromatic nitrogens is 6. The van der Waals surface area contributed by atoms with Gasteiger partial charge in [-0.15, -0.1) is 20.4 Å². The first kappa shape index (κ1) is 39.3. The maximum atomic E-state index is 5.97. The fourth-order valence-corrected chi connectivity index (χ4v) is 8.19. The molecule has 0 unspecified atom stereocenters. The molecule has 0 aliphatic carbocycles. The third kappa shape index (κ3) is 8.19. The summed E-state index contributed by atoms with van der Waals surface area (Å²) in [5.41, 5.74) is 9.39. The predicted octanol–water partition coefficient (Wildman–Crippen LogP) is 13.8. The number of halogens is 1. The summed E-state index contributed by atoms with van der Waals surface area (Å²) in [5, 5.41) is 21.8. The van der Waals surface area contributed by atoms with Crippen LogP contribution < -0.4 is 4.74 Å². The lowest BCUT2D eigenvalue weighted by atomic mass is 10.2. The zero-order valence-electron chi connectivity index (χ0n) is 33.9. The molecule has 0 aliphatic rings. The van der Waals surface area contributed by atoms with E-state index in [0.717, 1.165) is 37.3 Å². The van der Waals surface area contributed by atoms with E-state index in [9.17, 15) is 0 Å². The number of methoxy groups -OCH3 is 1. The van der Waals surface area contributed by atoms with Crippen LogP contribution in [0.15, 0.2) is 209 Å². The molecule has 1 N–H and O–H groups in total. The van der Waals surface area contributed by atoms with Gasteiger partial charge >= 0.3 is 0 Å². The maximum absolute atomic E-state index is 5.97. The smallest absolute Gasteiger partial charge is 0.248 e. The van der Waals surface area contributed by atoms with Crippen molar-refractivity contribution < 1.29 is 13.6 Å². The number of H-pyrrole nitrogens is 1. The van der Waals surface area contributed by atoms with Crippen LogP contribution in [0.4, 0.5) is 0 Å². The van der Waals surface area contributed by atoms with Crippen molar-refractivity contribution in [3.05, 3.63) is 204 Å². The minimum Gasteiger partial charge on any atom is -0.497 e. The molecule has 304 valence electrons. The Labute approximate surface area is 375 Å². The highest BCUT2D eigenvalue weighted by Crippen LogP contribution is 2.34. The van der Waals surface area contributed by atoms with Crippen LogP contribution in [-0.4, -0.2) is 37.1 Å². The standard InChI is InChI=1S/C26H17N3O.C15H11IN2O2.C12H9N/c1-2-9-18(10-3-1)25-27-28-26(30-25)19-11-8-12-20(17-19)29-23-15-6-4-13-21(23)22-14-5-7-16-24(22)29;1-19-13-7-3-5-11(9-13)15-18-17-14(20-15)10-4-2-6-12(16)8-10;1-3-7-11-9(5-1)10-6-2-4-8-12(10)13-11/h1-17H;2-9H,1H3;1-8,13H. The molecule has 9 nitrogen and oxygen atoms in total. The van der Waals surface area contributed by atoms with E-state index in [0.29, 0.717) is 23.6 Å². The van der Waals surface area contributed by atoms with Gasteiger partial charge in [0.25, 0.3) is 0 Å². The molecule has 63 heavy (non-hydrogen) atoms. The topological polar surface area (TPSA) is 108 Å². The van der Waals surface area contributed by atoms with Crippen molar-refractivity contribution in [3.63, 3.8) is 0 Å². The summed E-state index contributed by atoms with van der Waals surface area (Å²) >= 11 is 2.25. The van der Waals surface area contributed by atoms with Gasteiger partial charge in [0.15, 0.2) is 0 Å². The van der Waals surface area contributed by atoms with Crippen LogP contribution in [0.2, 0.25) is 0 Å². The van der Waals surface area contributed by atoms with Crippen molar-refractivity contribution in [1.29, 1.82) is 0 Å². The number of hydrogen-bond acceptors (Lipinski definition) is 7. The van der Waals surface area contributed by atoms with Crippen LogP contribution in [0.5, 0.6) is 5.75 Å². The van der Waals surface area contributed by atoms with Gasteiger partial charge in [0.2, 0.25) is 23.6 Å². The third-order valence-electron chi connectivity index (χ3n) is 10.6. The number of para-hydroxylation sites is 4. The third-order valence-corrected chi connectivity index (χ3v) is 11.3. The van der Waals surface area contributed by atoms with E-state index in [1.54, 1.807) is 7.11 Å². The molecular weight excluding hydrogens is 896 g/mol. The molecule has 0 amide bonds. The van der Waals surface area contributed by atoms with E-state index in [1.807, 2.05) is 91.0 Å². The first-order valence-corrected chi connectivity index (χ1v) is 21.3. The predicted molar refractivity (Wildman–Crippen MR) is 260 cm³/mol. The maximum Gasteiger partial charge on any atom is 0.248 e. The summed E-state index contributed by atoms with van der Waals surface area (Å²) in [7, 11) is 1.63. The minimum absolute atomic E-state index is 0.484. The van der Waals surface area contributed by atoms with Gasteiger partial charge in [-0.2, -0.15) is 0 Å². The van der Waals surface area contributed by atoms with Crippen molar-refractivity contribution in [2.75, 3.05) is 7.11 Å². The van der Waals surface area contributed by atoms with Crippen molar-refractivity contribution in [2.45, 2.75) is 0 Å². The number of benzene rings is 8. The Morgan fingerprint density at radius 2 is 0.873 bits per heavy atom. The van der Waals surface area contributed by atoms with Gasteiger partial charge in [-0.3, -0.25) is 0 Å². The molecule has 4 aromatic heterocycles. The van der Waals surface area contributed by atoms with Gasteiger partial charge < -0.3 is 23.1 Å². The zero-order valence-corrected chi connectivity index (χ0v) is 36.0. The largest absolute Gasteiger partial charge is 0.497 e. The Balaban J connectivity index is 0.000000123. The SMILES string of the molecule is COc1cccc(-c2nnc(-c3cccc(I)c3)o2)c1.c1ccc(-c2nnc(-c3cccc(-n4c5ccccc5c5ccccc54)c3)o2)cc1.c1ccc2c(c1)[nH]c1ccccc12. The van der Waals surface area contributed by atoms with Gasteiger partial charge in [-0.05, 0) is 114 Å². The van der Waals surface area contributed by atoms with E-state index in [-0.39, 0.29) is 0 Å². The van der Waals surface area contributed by atoms with Crippen molar-refractivity contribution in [3.8, 4) is 57.3 Å². The Morgan fingerprint density at radius 1 is 0.429 bits per heavy atom. The summed E-state index contributed by atoms with van der Waals surface area (Å²) in [6, 6.07) is 67.3. The minimum atomic E-state index is 0.484. The molecule has 0 saturated heterocycles. The van der Waals surface area contributed by atoms with E-state index < -0.39 is 0 Å². The molecule has 0 bridgehead atoms. The van der Waals surface area contributed by atoms with Crippen LogP contribution in [-0.2, 0) is 0 Å². The number of rotatable bonds is 6. The lowest BCUT2D eigenvalue weighted by Crippen LogP contribution is -1.94. The van der Waals surface area contributed by atoms with Crippen LogP contribution in [0.25, 0.3) is 95.1 Å². The van der Waals surface area contributed by atoms with Gasteiger partial charge in [-0.25, -0.2) is 0 Å². The first-order valence-electron chi connectivity index (χ1n) is 20.3. The van der Waals surface area contributed by atoms with Crippen LogP contribution in [0.3, 0.4) is 0 Å². The molecule has 0 radical (unpaired) electrons. The van der Waals surface area contributed by atoms with Crippen molar-refractivity contribution in [2.24, 2.45) is 0 Å². The van der Waals surface area contributed by atoms with E-state index in [2.05, 4.69) is 162 Å². The quantitative estimate of drug-likeness (QED) is 0.165. The van der Waals surface area contributed by atoms with Crippen molar-refractivity contribution >= 4 is 66.2 Å². The fraction of sp³-hybridized carbons (Fsp3) is 0.0189. The molecule has 0 spiro atoms. The number of fused-ring (bicyclic) bond motifs is 6. The molecule has 4 heterocycles. The molecule has 0 atom stereocenters. The lowest BCUT2D eigenvalue weighted by Gasteiger charge is -2.08. The fourth-order valence-electron chi connectivity index (χ4n) is 7.65. The highest BCUT2D eigenvalue weighted by atomic mass is 127. The number of ether oxygens (including phenoxy) is 1. The van der Waals surface area contributed by atoms with E-state index in [4.69, 9.17) is 13.6 Å². The molecule has 10 heteroatoms. The highest BCUT2D eigenvalue weighted by molar-refractivity contribution is 14.1. The molecular formula is C53H37IN6O3. The monoisotopic (exact) mass is 932 g/mol. The summed E-state index contributed by atoms with van der Waals surface area (Å²) in [6.45, 7) is 0. The van der Waals surface area contributed by atoms with Gasteiger partial charge in [0.1, 0.15) is 5.75 Å². The Hall–Kier alpha value is -7.83. The average Bonchev–Trinajstić information content (AvgIpc) is 4.17. The highest BCUT2D eigenvalue weighted by Gasteiger charge is 2.15. The van der Waals surface area contributed by atoms with E-state index >= 15 is 0 Å². The van der Waals surface area contributed by atoms with Gasteiger partial charge in [0.05, 0.1) is 18.1 Å². The van der Waals surface area contributed by atoms with Crippen LogP contribution >= 0.6 is 22.6 Å². The Bertz CT molecular complexity index is 3390. The van der Waals surface area contributed by atoms with E-state index in [1.165, 1.54) is 43.6 Å². The summed E-state index contributed by atoms with van der Waals surface area (Å²) in [4.78, 5) is 3.38. The van der Waals surface area contributed by atoms with Crippen LogP contribution in [0.1, 0.15) is 0 Å². The molecule has 0 saturated carbocycles. The summed E-state index contributed by atoms with van der Waals surface area (Å²) in [5.74, 6) is 2.79. The zero-order chi connectivity index (χ0) is 42.5. The number of hydrogen-bond donors (Lipinski definition) is 1. The number of nitrogens with one attached hydrogen (secondary N) is 1. The number of nitrogens with zero attached hydrogens (tertiary/aromatic N) is 5. The summed E-state index contributed by atoms with van der Waals surface area (Å²) in [6.07, 6.45) is 0. The average molecular weight is 933 g/mol. The summed E-state index contributed by atoms with van der Waals surface area (Å²) < 4.78 is 20.3. The Kier molecular flexibility index (Phi) is 11.0. The van der Waals surface area contributed by atoms with Crippen LogP contribution in [0, 0.1) is 3.57 Å². The Morgan fingerprint density at radius 3 is 1.44 bits per heavy atom. The molecule has 8 aromatic carbocycles. The second kappa shape index (κ2) is 17.6. The molecule has 0 fully saturated rings. The molecule has 0 aliphatic heterocycles. The van der Waals surface area contributed by atoms with Gasteiger partial charge in [0, 0.05) is 64.1 Å². The normalized spacial score (nSPS) is 11.0. The van der Waals surface area contributed by atoms with Crippen molar-refractivity contribution in [1.82, 2.24) is 29.9 Å². The number of aromatic amines is 1. The second-order valence-corrected chi connectivity index (χ2v) is 15.8.